The Morgan fingerprint density at radius 2 is 1.65 bits per heavy atom. The molecule has 1 heteroatoms. The molecule has 2 aliphatic rings. The van der Waals surface area contributed by atoms with E-state index in [0.717, 1.165) is 11.8 Å². The van der Waals surface area contributed by atoms with Gasteiger partial charge in [0.15, 0.2) is 0 Å². The lowest BCUT2D eigenvalue weighted by molar-refractivity contribution is 0.372. The minimum atomic E-state index is 0.878. The average molecular weight is 229 g/mol. The van der Waals surface area contributed by atoms with Crippen LogP contribution < -0.4 is 5.32 Å². The molecule has 92 valence electrons. The Hall–Kier alpha value is -0.820. The van der Waals surface area contributed by atoms with Gasteiger partial charge in [0.05, 0.1) is 0 Å². The maximum absolute atomic E-state index is 3.44. The van der Waals surface area contributed by atoms with E-state index in [1.54, 1.807) is 11.1 Å². The normalized spacial score (nSPS) is 22.4. The first-order chi connectivity index (χ1) is 8.42. The molecular formula is C16H23N. The molecular weight excluding hydrogens is 206 g/mol. The molecule has 0 atom stereocenters. The molecule has 17 heavy (non-hydrogen) atoms. The van der Waals surface area contributed by atoms with Gasteiger partial charge in [0.2, 0.25) is 0 Å². The molecule has 0 radical (unpaired) electrons. The van der Waals surface area contributed by atoms with Gasteiger partial charge in [0.25, 0.3) is 0 Å². The van der Waals surface area contributed by atoms with E-state index in [1.165, 1.54) is 51.6 Å². The first-order valence-corrected chi connectivity index (χ1v) is 7.21. The van der Waals surface area contributed by atoms with Crippen molar-refractivity contribution in [3.63, 3.8) is 0 Å². The van der Waals surface area contributed by atoms with Crippen LogP contribution in [0.15, 0.2) is 24.3 Å². The monoisotopic (exact) mass is 229 g/mol. The Balaban J connectivity index is 1.59. The predicted octanol–water partition coefficient (Wildman–Crippen LogP) is 3.50. The van der Waals surface area contributed by atoms with Gasteiger partial charge in [-0.1, -0.05) is 30.7 Å². The molecule has 1 saturated heterocycles. The van der Waals surface area contributed by atoms with E-state index in [0.29, 0.717) is 0 Å². The second kappa shape index (κ2) is 5.22. The number of hydrogen-bond donors (Lipinski definition) is 1. The van der Waals surface area contributed by atoms with Gasteiger partial charge in [-0.15, -0.1) is 0 Å². The molecule has 0 spiro atoms. The van der Waals surface area contributed by atoms with Crippen LogP contribution in [0.1, 0.15) is 49.1 Å². The van der Waals surface area contributed by atoms with Gasteiger partial charge in [-0.3, -0.25) is 0 Å². The lowest BCUT2D eigenvalue weighted by atomic mass is 9.79. The molecule has 0 unspecified atom stereocenters. The first-order valence-electron chi connectivity index (χ1n) is 7.21. The SMILES string of the molecule is c1cc(C2CCC2)ccc1CC1CCNCC1. The molecule has 1 aliphatic carbocycles. The van der Waals surface area contributed by atoms with E-state index in [1.807, 2.05) is 0 Å². The van der Waals surface area contributed by atoms with E-state index in [2.05, 4.69) is 29.6 Å². The standard InChI is InChI=1S/C16H23N/c1-2-15(3-1)16-6-4-13(5-7-16)12-14-8-10-17-11-9-14/h4-7,14-15,17H,1-3,8-12H2. The second-order valence-corrected chi connectivity index (χ2v) is 5.77. The molecule has 1 saturated carbocycles. The molecule has 1 N–H and O–H groups in total. The van der Waals surface area contributed by atoms with Crippen LogP contribution in [0.3, 0.4) is 0 Å². The minimum Gasteiger partial charge on any atom is -0.317 e. The third kappa shape index (κ3) is 2.71. The van der Waals surface area contributed by atoms with E-state index in [4.69, 9.17) is 0 Å². The summed E-state index contributed by atoms with van der Waals surface area (Å²) in [7, 11) is 0. The molecule has 1 heterocycles. The molecule has 0 bridgehead atoms. The third-order valence-electron chi connectivity index (χ3n) is 4.54. The highest BCUT2D eigenvalue weighted by Gasteiger charge is 2.19. The Kier molecular flexibility index (Phi) is 3.46. The highest BCUT2D eigenvalue weighted by molar-refractivity contribution is 5.26. The predicted molar refractivity (Wildman–Crippen MR) is 72.3 cm³/mol. The summed E-state index contributed by atoms with van der Waals surface area (Å²) in [6.07, 6.45) is 8.24. The van der Waals surface area contributed by atoms with Crippen molar-refractivity contribution in [2.75, 3.05) is 13.1 Å². The van der Waals surface area contributed by atoms with Crippen molar-refractivity contribution < 1.29 is 0 Å². The largest absolute Gasteiger partial charge is 0.317 e. The number of hydrogen-bond acceptors (Lipinski definition) is 1. The Morgan fingerprint density at radius 3 is 2.24 bits per heavy atom. The first kappa shape index (κ1) is 11.3. The minimum absolute atomic E-state index is 0.878. The summed E-state index contributed by atoms with van der Waals surface area (Å²) in [5, 5.41) is 3.44. The summed E-state index contributed by atoms with van der Waals surface area (Å²) in [5.41, 5.74) is 3.12. The van der Waals surface area contributed by atoms with Crippen LogP contribution in [0, 0.1) is 5.92 Å². The number of piperidine rings is 1. The van der Waals surface area contributed by atoms with E-state index in [9.17, 15) is 0 Å². The van der Waals surface area contributed by atoms with E-state index < -0.39 is 0 Å². The highest BCUT2D eigenvalue weighted by Crippen LogP contribution is 2.36. The zero-order valence-corrected chi connectivity index (χ0v) is 10.6. The van der Waals surface area contributed by atoms with Gasteiger partial charge in [-0.2, -0.15) is 0 Å². The van der Waals surface area contributed by atoms with Crippen molar-refractivity contribution >= 4 is 0 Å². The molecule has 0 aromatic heterocycles. The fourth-order valence-electron chi connectivity index (χ4n) is 3.09. The maximum atomic E-state index is 3.44. The van der Waals surface area contributed by atoms with Gasteiger partial charge in [-0.25, -0.2) is 0 Å². The van der Waals surface area contributed by atoms with Gasteiger partial charge in [0, 0.05) is 0 Å². The van der Waals surface area contributed by atoms with Crippen molar-refractivity contribution in [1.82, 2.24) is 5.32 Å². The van der Waals surface area contributed by atoms with Gasteiger partial charge in [-0.05, 0) is 68.2 Å². The van der Waals surface area contributed by atoms with Crippen LogP contribution >= 0.6 is 0 Å². The van der Waals surface area contributed by atoms with Gasteiger partial charge in [0.1, 0.15) is 0 Å². The van der Waals surface area contributed by atoms with Crippen LogP contribution in [0.2, 0.25) is 0 Å². The Bertz CT molecular complexity index is 344. The summed E-state index contributed by atoms with van der Waals surface area (Å²) in [6.45, 7) is 2.43. The van der Waals surface area contributed by atoms with Crippen LogP contribution in [-0.2, 0) is 6.42 Å². The van der Waals surface area contributed by atoms with Crippen LogP contribution in [0.25, 0.3) is 0 Å². The van der Waals surface area contributed by atoms with Crippen molar-refractivity contribution in [1.29, 1.82) is 0 Å². The average Bonchev–Trinajstić information content (AvgIpc) is 2.31. The Labute approximate surface area is 105 Å². The van der Waals surface area contributed by atoms with Crippen LogP contribution in [-0.4, -0.2) is 13.1 Å². The van der Waals surface area contributed by atoms with Crippen LogP contribution in [0.5, 0.6) is 0 Å². The molecule has 2 fully saturated rings. The third-order valence-corrected chi connectivity index (χ3v) is 4.54. The number of benzene rings is 1. The quantitative estimate of drug-likeness (QED) is 0.836. The fourth-order valence-corrected chi connectivity index (χ4v) is 3.09. The van der Waals surface area contributed by atoms with Crippen molar-refractivity contribution in [3.8, 4) is 0 Å². The zero-order valence-electron chi connectivity index (χ0n) is 10.6. The molecule has 3 rings (SSSR count). The van der Waals surface area contributed by atoms with E-state index in [-0.39, 0.29) is 0 Å². The molecule has 1 aromatic rings. The zero-order chi connectivity index (χ0) is 11.5. The summed E-state index contributed by atoms with van der Waals surface area (Å²) in [6, 6.07) is 9.49. The van der Waals surface area contributed by atoms with Crippen molar-refractivity contribution in [2.45, 2.75) is 44.4 Å². The van der Waals surface area contributed by atoms with Gasteiger partial charge < -0.3 is 5.32 Å². The summed E-state index contributed by atoms with van der Waals surface area (Å²) in [5.74, 6) is 1.79. The number of rotatable bonds is 3. The van der Waals surface area contributed by atoms with Gasteiger partial charge >= 0.3 is 0 Å². The lowest BCUT2D eigenvalue weighted by Gasteiger charge is -2.26. The summed E-state index contributed by atoms with van der Waals surface area (Å²) in [4.78, 5) is 0. The lowest BCUT2D eigenvalue weighted by Crippen LogP contribution is -2.28. The van der Waals surface area contributed by atoms with E-state index >= 15 is 0 Å². The van der Waals surface area contributed by atoms with Crippen LogP contribution in [0.4, 0.5) is 0 Å². The van der Waals surface area contributed by atoms with Crippen molar-refractivity contribution in [3.05, 3.63) is 35.4 Å². The highest BCUT2D eigenvalue weighted by atomic mass is 14.9. The molecule has 1 aliphatic heterocycles. The maximum Gasteiger partial charge on any atom is -0.00462 e. The summed E-state index contributed by atoms with van der Waals surface area (Å²) < 4.78 is 0. The van der Waals surface area contributed by atoms with Crippen molar-refractivity contribution in [2.24, 2.45) is 5.92 Å². The number of nitrogens with one attached hydrogen (secondary N) is 1. The smallest absolute Gasteiger partial charge is 0.00462 e. The summed E-state index contributed by atoms with van der Waals surface area (Å²) >= 11 is 0. The Morgan fingerprint density at radius 1 is 0.941 bits per heavy atom. The molecule has 1 nitrogen and oxygen atoms in total. The fraction of sp³-hybridized carbons (Fsp3) is 0.625. The topological polar surface area (TPSA) is 12.0 Å². The molecule has 1 aromatic carbocycles. The molecule has 0 amide bonds. The second-order valence-electron chi connectivity index (χ2n) is 5.77.